The number of amides is 2. The molecule has 1 unspecified atom stereocenters. The van der Waals surface area contributed by atoms with E-state index in [9.17, 15) is 19.5 Å². The fraction of sp³-hybridized carbons (Fsp3) is 0.517. The average Bonchev–Trinajstić information content (AvgIpc) is 3.83. The number of nitrogens with zero attached hydrogens (tertiary/aromatic N) is 7. The highest BCUT2D eigenvalue weighted by Crippen LogP contribution is 2.32. The predicted molar refractivity (Wildman–Crippen MR) is 163 cm³/mol. The number of aromatic nitrogens is 4. The third-order valence-corrected chi connectivity index (χ3v) is 7.25. The number of unbranched alkanes of at least 4 members (excludes halogenated alkanes) is 1. The zero-order chi connectivity index (χ0) is 32.2. The number of methoxy groups -OCH3 is 1. The van der Waals surface area contributed by atoms with Crippen molar-refractivity contribution in [3.05, 3.63) is 45.8 Å². The number of anilines is 1. The second-order valence-corrected chi connectivity index (χ2v) is 10.7. The number of rotatable bonds is 19. The maximum Gasteiger partial charge on any atom is 0.320 e. The van der Waals surface area contributed by atoms with E-state index in [-0.39, 0.29) is 79.4 Å². The number of fused-ring (bicyclic) bond motifs is 1. The van der Waals surface area contributed by atoms with Crippen molar-refractivity contribution in [1.82, 2.24) is 30.2 Å². The third-order valence-electron chi connectivity index (χ3n) is 7.25. The van der Waals surface area contributed by atoms with Crippen molar-refractivity contribution in [3.63, 3.8) is 0 Å². The number of azide groups is 1. The molecule has 1 atom stereocenters. The number of imidazole rings is 1. The third kappa shape index (κ3) is 9.78. The minimum Gasteiger partial charge on any atom is -0.480 e. The van der Waals surface area contributed by atoms with Crippen LogP contribution in [-0.2, 0) is 32.2 Å². The number of nitrogens with two attached hydrogens (primary N) is 1. The zero-order valence-electron chi connectivity index (χ0n) is 25.1. The molecule has 240 valence electrons. The summed E-state index contributed by atoms with van der Waals surface area (Å²) in [6.45, 7) is 1.44. The normalized spacial score (nSPS) is 13.2. The summed E-state index contributed by atoms with van der Waals surface area (Å²) in [4.78, 5) is 52.8. The Labute approximate surface area is 259 Å². The number of Topliss-reactive ketones (excluding diaryl/α,β-unsaturated/α-hetero) is 1. The van der Waals surface area contributed by atoms with Crippen molar-refractivity contribution in [2.75, 3.05) is 32.6 Å². The molecule has 0 bridgehead atoms. The molecule has 1 aliphatic carbocycles. The molecule has 1 saturated carbocycles. The Kier molecular flexibility index (Phi) is 11.9. The number of hydrogen-bond acceptors (Lipinski definition) is 11. The van der Waals surface area contributed by atoms with Gasteiger partial charge < -0.3 is 30.9 Å². The molecular weight excluding hydrogens is 584 g/mol. The lowest BCUT2D eigenvalue weighted by Gasteiger charge is -2.17. The summed E-state index contributed by atoms with van der Waals surface area (Å²) < 4.78 is 11.9. The van der Waals surface area contributed by atoms with E-state index in [0.29, 0.717) is 38.1 Å². The van der Waals surface area contributed by atoms with Crippen molar-refractivity contribution in [2.24, 2.45) is 11.0 Å². The molecule has 1 aromatic carbocycles. The fourth-order valence-corrected chi connectivity index (χ4v) is 4.66. The Morgan fingerprint density at radius 2 is 1.84 bits per heavy atom. The molecule has 3 aromatic rings. The molecule has 2 amide bonds. The van der Waals surface area contributed by atoms with Gasteiger partial charge in [0.15, 0.2) is 22.8 Å². The lowest BCUT2D eigenvalue weighted by molar-refractivity contribution is -0.130. The molecule has 0 aliphatic heterocycles. The number of carbonyl (C=O) groups excluding carboxylic acids is 3. The Hall–Kier alpha value is -4.95. The van der Waals surface area contributed by atoms with E-state index < -0.39 is 6.04 Å². The summed E-state index contributed by atoms with van der Waals surface area (Å²) in [5, 5.41) is 19.5. The second kappa shape index (κ2) is 16.2. The van der Waals surface area contributed by atoms with Crippen LogP contribution in [0.1, 0.15) is 56.1 Å². The molecule has 2 heterocycles. The lowest BCUT2D eigenvalue weighted by atomic mass is 10.0. The Balaban J connectivity index is 1.24. The first-order chi connectivity index (χ1) is 21.8. The van der Waals surface area contributed by atoms with Crippen molar-refractivity contribution in [3.8, 4) is 12.0 Å². The van der Waals surface area contributed by atoms with Crippen LogP contribution < -0.4 is 21.1 Å². The maximum absolute atomic E-state index is 12.6. The molecule has 0 spiro atoms. The summed E-state index contributed by atoms with van der Waals surface area (Å²) in [5.74, 6) is -0.525. The standard InChI is InChI=1S/C29H38N10O6/c1-44-14-15-45-28-36-26(30)24-27(37-28)39(29(43)35-24)17-19-7-5-18(6-8-19)16-32-22(40)11-12-23(41)34-21(25(42)20-9-10-20)4-2-3-13-33-38-31/h5-8,20-21H,2-4,9-17H2,1H3,(H,32,40)(H,34,41)(H,35,43)(H2,30,36,37). The van der Waals surface area contributed by atoms with E-state index in [4.69, 9.17) is 20.7 Å². The highest BCUT2D eigenvalue weighted by molar-refractivity contribution is 5.92. The van der Waals surface area contributed by atoms with Crippen LogP contribution in [0.25, 0.3) is 21.6 Å². The van der Waals surface area contributed by atoms with Gasteiger partial charge in [-0.1, -0.05) is 35.8 Å². The number of nitrogen functional groups attached to an aromatic ring is 1. The van der Waals surface area contributed by atoms with Crippen molar-refractivity contribution < 1.29 is 29.0 Å². The van der Waals surface area contributed by atoms with Gasteiger partial charge in [-0.3, -0.25) is 19.0 Å². The molecule has 4 rings (SSSR count). The second-order valence-electron chi connectivity index (χ2n) is 10.7. The summed E-state index contributed by atoms with van der Waals surface area (Å²) in [6, 6.07) is 6.59. The van der Waals surface area contributed by atoms with Gasteiger partial charge in [0.05, 0.1) is 19.2 Å². The first-order valence-electron chi connectivity index (χ1n) is 14.8. The van der Waals surface area contributed by atoms with E-state index in [2.05, 4.69) is 35.6 Å². The van der Waals surface area contributed by atoms with Crippen LogP contribution in [0.4, 0.5) is 5.82 Å². The SMILES string of the molecule is COCCOc1nc(N)c2nc(O)n(Cc3ccc(CNC(=O)CCC(=O)NC(CCCCN=[N+]=[N-])C(=O)C4CC4)cc3)c2n1. The highest BCUT2D eigenvalue weighted by Gasteiger charge is 2.35. The molecule has 16 heteroatoms. The fourth-order valence-electron chi connectivity index (χ4n) is 4.66. The molecule has 1 fully saturated rings. The predicted octanol–water partition coefficient (Wildman–Crippen LogP) is 2.53. The molecule has 16 nitrogen and oxygen atoms in total. The molecule has 0 saturated heterocycles. The number of aromatic hydroxyl groups is 1. The van der Waals surface area contributed by atoms with E-state index in [1.54, 1.807) is 7.11 Å². The van der Waals surface area contributed by atoms with Gasteiger partial charge in [0.2, 0.25) is 11.8 Å². The molecule has 45 heavy (non-hydrogen) atoms. The van der Waals surface area contributed by atoms with Crippen LogP contribution in [0.5, 0.6) is 12.0 Å². The van der Waals surface area contributed by atoms with E-state index in [0.717, 1.165) is 24.0 Å². The van der Waals surface area contributed by atoms with Gasteiger partial charge in [-0.2, -0.15) is 15.0 Å². The first kappa shape index (κ1) is 33.0. The molecular formula is C29H38N10O6. The van der Waals surface area contributed by atoms with Crippen molar-refractivity contribution in [2.45, 2.75) is 64.1 Å². The Morgan fingerprint density at radius 3 is 2.56 bits per heavy atom. The quantitative estimate of drug-likeness (QED) is 0.0660. The topological polar surface area (TPSA) is 232 Å². The Morgan fingerprint density at radius 1 is 1.11 bits per heavy atom. The van der Waals surface area contributed by atoms with Gasteiger partial charge in [0, 0.05) is 43.9 Å². The van der Waals surface area contributed by atoms with Gasteiger partial charge in [-0.15, -0.1) is 0 Å². The van der Waals surface area contributed by atoms with E-state index in [1.165, 1.54) is 4.57 Å². The minimum atomic E-state index is -0.582. The van der Waals surface area contributed by atoms with Crippen LogP contribution in [0, 0.1) is 5.92 Å². The highest BCUT2D eigenvalue weighted by atomic mass is 16.5. The lowest BCUT2D eigenvalue weighted by Crippen LogP contribution is -2.42. The van der Waals surface area contributed by atoms with Crippen LogP contribution in [-0.4, -0.2) is 75.1 Å². The molecule has 1 aliphatic rings. The zero-order valence-corrected chi connectivity index (χ0v) is 25.1. The summed E-state index contributed by atoms with van der Waals surface area (Å²) in [7, 11) is 1.55. The first-order valence-corrected chi connectivity index (χ1v) is 14.8. The van der Waals surface area contributed by atoms with E-state index >= 15 is 0 Å². The summed E-state index contributed by atoms with van der Waals surface area (Å²) in [6.07, 6.45) is 3.39. The van der Waals surface area contributed by atoms with Crippen molar-refractivity contribution >= 4 is 34.6 Å². The number of ether oxygens (including phenoxy) is 2. The molecule has 2 aromatic heterocycles. The maximum atomic E-state index is 12.6. The minimum absolute atomic E-state index is 0.00134. The number of carbonyl (C=O) groups is 3. The largest absolute Gasteiger partial charge is 0.480 e. The van der Waals surface area contributed by atoms with Crippen LogP contribution in [0.15, 0.2) is 29.4 Å². The monoisotopic (exact) mass is 622 g/mol. The Bertz CT molecular complexity index is 1530. The van der Waals surface area contributed by atoms with Gasteiger partial charge in [0.1, 0.15) is 6.61 Å². The smallest absolute Gasteiger partial charge is 0.320 e. The molecule has 0 radical (unpaired) electrons. The summed E-state index contributed by atoms with van der Waals surface area (Å²) in [5.41, 5.74) is 16.6. The van der Waals surface area contributed by atoms with Crippen molar-refractivity contribution in [1.29, 1.82) is 0 Å². The van der Waals surface area contributed by atoms with Gasteiger partial charge >= 0.3 is 6.01 Å². The van der Waals surface area contributed by atoms with E-state index in [1.807, 2.05) is 24.3 Å². The number of hydrogen-bond donors (Lipinski definition) is 4. The average molecular weight is 623 g/mol. The van der Waals surface area contributed by atoms with Crippen LogP contribution >= 0.6 is 0 Å². The number of nitrogens with one attached hydrogen (secondary N) is 2. The van der Waals surface area contributed by atoms with Gasteiger partial charge in [-0.25, -0.2) is 0 Å². The van der Waals surface area contributed by atoms with Crippen LogP contribution in [0.2, 0.25) is 0 Å². The number of ketones is 1. The van der Waals surface area contributed by atoms with Gasteiger partial charge in [0.25, 0.3) is 6.01 Å². The summed E-state index contributed by atoms with van der Waals surface area (Å²) >= 11 is 0. The molecule has 5 N–H and O–H groups in total. The van der Waals surface area contributed by atoms with Crippen LogP contribution in [0.3, 0.4) is 0 Å². The van der Waals surface area contributed by atoms with Gasteiger partial charge in [-0.05, 0) is 42.3 Å². The number of benzene rings is 1.